The van der Waals surface area contributed by atoms with E-state index < -0.39 is 5.82 Å². The summed E-state index contributed by atoms with van der Waals surface area (Å²) in [4.78, 5) is 16.1. The number of anilines is 2. The number of rotatable bonds is 6. The van der Waals surface area contributed by atoms with Crippen LogP contribution in [0.3, 0.4) is 0 Å². The molecule has 6 heteroatoms. The van der Waals surface area contributed by atoms with E-state index in [2.05, 4.69) is 15.6 Å². The van der Waals surface area contributed by atoms with Gasteiger partial charge in [-0.05, 0) is 24.3 Å². The summed E-state index contributed by atoms with van der Waals surface area (Å²) in [6.45, 7) is 1.17. The van der Waals surface area contributed by atoms with Gasteiger partial charge in [-0.25, -0.2) is 4.39 Å². The number of carbonyl (C=O) groups excluding carboxylic acids is 1. The first kappa shape index (κ1) is 14.9. The minimum atomic E-state index is -0.402. The molecule has 1 amide bonds. The van der Waals surface area contributed by atoms with Gasteiger partial charge in [0, 0.05) is 31.7 Å². The van der Waals surface area contributed by atoms with Crippen LogP contribution in [0.5, 0.6) is 0 Å². The third-order valence-electron chi connectivity index (χ3n) is 2.72. The summed E-state index contributed by atoms with van der Waals surface area (Å²) in [6.07, 6.45) is 3.07. The molecule has 0 aliphatic carbocycles. The zero-order valence-corrected chi connectivity index (χ0v) is 11.6. The standard InChI is InChI=1S/C15H16FN3O2/c1-21-6-5-18-14-7-11(9-17-10-14)15(20)19-13-4-2-3-12(16)8-13/h2-4,7-10,18H,5-6H2,1H3,(H,19,20). The van der Waals surface area contributed by atoms with E-state index in [1.807, 2.05) is 0 Å². The summed E-state index contributed by atoms with van der Waals surface area (Å²) in [5, 5.41) is 5.71. The number of ether oxygens (including phenoxy) is 1. The Hall–Kier alpha value is -2.47. The van der Waals surface area contributed by atoms with Gasteiger partial charge < -0.3 is 15.4 Å². The first-order chi connectivity index (χ1) is 10.2. The zero-order chi connectivity index (χ0) is 15.1. The van der Waals surface area contributed by atoms with E-state index in [-0.39, 0.29) is 5.91 Å². The van der Waals surface area contributed by atoms with Crippen LogP contribution in [0, 0.1) is 5.82 Å². The van der Waals surface area contributed by atoms with E-state index in [4.69, 9.17) is 4.74 Å². The Balaban J connectivity index is 2.03. The topological polar surface area (TPSA) is 63.2 Å². The van der Waals surface area contributed by atoms with Gasteiger partial charge in [0.25, 0.3) is 5.91 Å². The number of benzene rings is 1. The first-order valence-corrected chi connectivity index (χ1v) is 6.44. The molecule has 0 spiro atoms. The highest BCUT2D eigenvalue weighted by Crippen LogP contribution is 2.13. The maximum absolute atomic E-state index is 13.1. The maximum Gasteiger partial charge on any atom is 0.257 e. The summed E-state index contributed by atoms with van der Waals surface area (Å²) >= 11 is 0. The molecule has 110 valence electrons. The Bertz CT molecular complexity index is 619. The lowest BCUT2D eigenvalue weighted by Gasteiger charge is -2.08. The summed E-state index contributed by atoms with van der Waals surface area (Å²) in [5.74, 6) is -0.746. The number of carbonyl (C=O) groups is 1. The van der Waals surface area contributed by atoms with E-state index in [9.17, 15) is 9.18 Å². The van der Waals surface area contributed by atoms with Crippen LogP contribution in [0.1, 0.15) is 10.4 Å². The maximum atomic E-state index is 13.1. The number of aromatic nitrogens is 1. The van der Waals surface area contributed by atoms with Crippen molar-refractivity contribution in [3.05, 3.63) is 54.1 Å². The molecule has 0 aliphatic rings. The van der Waals surface area contributed by atoms with Gasteiger partial charge >= 0.3 is 0 Å². The molecule has 0 radical (unpaired) electrons. The van der Waals surface area contributed by atoms with Crippen LogP contribution in [0.4, 0.5) is 15.8 Å². The largest absolute Gasteiger partial charge is 0.383 e. The normalized spacial score (nSPS) is 10.2. The number of hydrogen-bond acceptors (Lipinski definition) is 4. The van der Waals surface area contributed by atoms with Crippen molar-refractivity contribution in [3.8, 4) is 0 Å². The molecule has 1 aromatic carbocycles. The fourth-order valence-corrected chi connectivity index (χ4v) is 1.73. The van der Waals surface area contributed by atoms with E-state index in [0.29, 0.717) is 24.4 Å². The Morgan fingerprint density at radius 1 is 1.29 bits per heavy atom. The number of amides is 1. The SMILES string of the molecule is COCCNc1cncc(C(=O)Nc2cccc(F)c2)c1. The van der Waals surface area contributed by atoms with E-state index >= 15 is 0 Å². The molecule has 5 nitrogen and oxygen atoms in total. The predicted molar refractivity (Wildman–Crippen MR) is 79.0 cm³/mol. The molecule has 0 atom stereocenters. The average molecular weight is 289 g/mol. The first-order valence-electron chi connectivity index (χ1n) is 6.44. The molecule has 0 bridgehead atoms. The summed E-state index contributed by atoms with van der Waals surface area (Å²) in [5.41, 5.74) is 1.51. The Kier molecular flexibility index (Phi) is 5.22. The molecule has 1 aromatic heterocycles. The Labute approximate surface area is 122 Å². The van der Waals surface area contributed by atoms with Crippen molar-refractivity contribution in [2.45, 2.75) is 0 Å². The monoisotopic (exact) mass is 289 g/mol. The van der Waals surface area contributed by atoms with Gasteiger partial charge in [-0.1, -0.05) is 6.07 Å². The number of hydrogen-bond donors (Lipinski definition) is 2. The third kappa shape index (κ3) is 4.54. The van der Waals surface area contributed by atoms with Gasteiger partial charge in [0.05, 0.1) is 17.9 Å². The van der Waals surface area contributed by atoms with Crippen LogP contribution < -0.4 is 10.6 Å². The van der Waals surface area contributed by atoms with Crippen molar-refractivity contribution in [1.82, 2.24) is 4.98 Å². The van der Waals surface area contributed by atoms with Crippen molar-refractivity contribution in [3.63, 3.8) is 0 Å². The van der Waals surface area contributed by atoms with Crippen molar-refractivity contribution >= 4 is 17.3 Å². The summed E-state index contributed by atoms with van der Waals surface area (Å²) < 4.78 is 18.0. The van der Waals surface area contributed by atoms with E-state index in [0.717, 1.165) is 5.69 Å². The van der Waals surface area contributed by atoms with Crippen LogP contribution >= 0.6 is 0 Å². The second-order valence-electron chi connectivity index (χ2n) is 4.35. The highest BCUT2D eigenvalue weighted by Gasteiger charge is 2.08. The van der Waals surface area contributed by atoms with Crippen molar-refractivity contribution in [2.75, 3.05) is 30.9 Å². The van der Waals surface area contributed by atoms with Gasteiger partial charge in [-0.3, -0.25) is 9.78 Å². The van der Waals surface area contributed by atoms with Crippen LogP contribution in [-0.4, -0.2) is 31.2 Å². The average Bonchev–Trinajstić information content (AvgIpc) is 2.48. The lowest BCUT2D eigenvalue weighted by atomic mass is 10.2. The van der Waals surface area contributed by atoms with Gasteiger partial charge in [0.15, 0.2) is 0 Å². The number of nitrogens with one attached hydrogen (secondary N) is 2. The van der Waals surface area contributed by atoms with Crippen LogP contribution in [0.25, 0.3) is 0 Å². The fourth-order valence-electron chi connectivity index (χ4n) is 1.73. The van der Waals surface area contributed by atoms with E-state index in [1.54, 1.807) is 25.4 Å². The number of nitrogens with zero attached hydrogens (tertiary/aromatic N) is 1. The summed E-state index contributed by atoms with van der Waals surface area (Å²) in [7, 11) is 1.61. The molecule has 1 heterocycles. The number of pyridine rings is 1. The molecule has 0 saturated carbocycles. The molecular formula is C15H16FN3O2. The minimum Gasteiger partial charge on any atom is -0.383 e. The van der Waals surface area contributed by atoms with Crippen LogP contribution in [0.2, 0.25) is 0 Å². The molecule has 2 rings (SSSR count). The third-order valence-corrected chi connectivity index (χ3v) is 2.72. The highest BCUT2D eigenvalue weighted by atomic mass is 19.1. The van der Waals surface area contributed by atoms with Gasteiger partial charge in [0.1, 0.15) is 5.82 Å². The second kappa shape index (κ2) is 7.35. The van der Waals surface area contributed by atoms with Gasteiger partial charge in [0.2, 0.25) is 0 Å². The minimum absolute atomic E-state index is 0.344. The van der Waals surface area contributed by atoms with Gasteiger partial charge in [-0.15, -0.1) is 0 Å². The van der Waals surface area contributed by atoms with Crippen LogP contribution in [0.15, 0.2) is 42.7 Å². The molecule has 0 unspecified atom stereocenters. The zero-order valence-electron chi connectivity index (χ0n) is 11.6. The number of halogens is 1. The van der Waals surface area contributed by atoms with Crippen molar-refractivity contribution < 1.29 is 13.9 Å². The Morgan fingerprint density at radius 2 is 2.14 bits per heavy atom. The number of methoxy groups -OCH3 is 1. The Morgan fingerprint density at radius 3 is 2.90 bits per heavy atom. The lowest BCUT2D eigenvalue weighted by molar-refractivity contribution is 0.102. The van der Waals surface area contributed by atoms with Gasteiger partial charge in [-0.2, -0.15) is 0 Å². The van der Waals surface area contributed by atoms with Crippen LogP contribution in [-0.2, 0) is 4.74 Å². The molecule has 0 saturated heterocycles. The molecule has 0 aliphatic heterocycles. The lowest BCUT2D eigenvalue weighted by Crippen LogP contribution is -2.13. The smallest absolute Gasteiger partial charge is 0.257 e. The summed E-state index contributed by atoms with van der Waals surface area (Å²) in [6, 6.07) is 7.40. The molecule has 2 aromatic rings. The quantitative estimate of drug-likeness (QED) is 0.802. The van der Waals surface area contributed by atoms with Crippen molar-refractivity contribution in [2.24, 2.45) is 0 Å². The molecule has 2 N–H and O–H groups in total. The van der Waals surface area contributed by atoms with E-state index in [1.165, 1.54) is 24.4 Å². The highest BCUT2D eigenvalue weighted by molar-refractivity contribution is 6.04. The molecule has 0 fully saturated rings. The van der Waals surface area contributed by atoms with Crippen molar-refractivity contribution in [1.29, 1.82) is 0 Å². The second-order valence-corrected chi connectivity index (χ2v) is 4.35. The molecule has 21 heavy (non-hydrogen) atoms. The predicted octanol–water partition coefficient (Wildman–Crippen LogP) is 2.53. The molecular weight excluding hydrogens is 273 g/mol. The fraction of sp³-hybridized carbons (Fsp3) is 0.200.